The van der Waals surface area contributed by atoms with Crippen LogP contribution in [0, 0.1) is 6.92 Å². The molecule has 1 amide bonds. The van der Waals surface area contributed by atoms with E-state index in [4.69, 9.17) is 5.11 Å². The van der Waals surface area contributed by atoms with Gasteiger partial charge in [-0.3, -0.25) is 9.78 Å². The molecule has 1 aromatic rings. The van der Waals surface area contributed by atoms with Crippen molar-refractivity contribution in [2.45, 2.75) is 32.7 Å². The van der Waals surface area contributed by atoms with Crippen LogP contribution in [0.15, 0.2) is 18.3 Å². The van der Waals surface area contributed by atoms with Gasteiger partial charge in [0.15, 0.2) is 0 Å². The van der Waals surface area contributed by atoms with E-state index in [1.807, 2.05) is 26.8 Å². The highest BCUT2D eigenvalue weighted by Crippen LogP contribution is 2.10. The molecule has 0 saturated heterocycles. The van der Waals surface area contributed by atoms with Crippen molar-refractivity contribution < 1.29 is 9.90 Å². The second-order valence-electron chi connectivity index (χ2n) is 4.48. The molecule has 1 aromatic heterocycles. The van der Waals surface area contributed by atoms with Crippen molar-refractivity contribution in [3.8, 4) is 0 Å². The molecule has 88 valence electrons. The number of hydrogen-bond acceptors (Lipinski definition) is 3. The number of aliphatic hydroxyl groups excluding tert-OH is 1. The number of nitrogens with zero attached hydrogens (tertiary/aromatic N) is 1. The van der Waals surface area contributed by atoms with Crippen LogP contribution in [0.25, 0.3) is 0 Å². The Balaban J connectivity index is 2.77. The van der Waals surface area contributed by atoms with Gasteiger partial charge in [0, 0.05) is 18.3 Å². The second-order valence-corrected chi connectivity index (χ2v) is 4.48. The largest absolute Gasteiger partial charge is 0.396 e. The number of hydrogen-bond donors (Lipinski definition) is 2. The predicted molar refractivity (Wildman–Crippen MR) is 62.2 cm³/mol. The van der Waals surface area contributed by atoms with Gasteiger partial charge < -0.3 is 10.4 Å². The van der Waals surface area contributed by atoms with Gasteiger partial charge in [0.25, 0.3) is 5.91 Å². The smallest absolute Gasteiger partial charge is 0.270 e. The highest BCUT2D eigenvalue weighted by Gasteiger charge is 2.21. The number of carbonyl (C=O) groups is 1. The quantitative estimate of drug-likeness (QED) is 0.806. The summed E-state index contributed by atoms with van der Waals surface area (Å²) in [7, 11) is 0. The van der Waals surface area contributed by atoms with Crippen LogP contribution < -0.4 is 5.32 Å². The lowest BCUT2D eigenvalue weighted by Crippen LogP contribution is -2.44. The lowest BCUT2D eigenvalue weighted by atomic mass is 10.0. The average Bonchev–Trinajstić information content (AvgIpc) is 2.17. The third-order valence-electron chi connectivity index (χ3n) is 2.41. The minimum absolute atomic E-state index is 0.0501. The van der Waals surface area contributed by atoms with Gasteiger partial charge in [-0.1, -0.05) is 6.07 Å². The van der Waals surface area contributed by atoms with Gasteiger partial charge in [0.2, 0.25) is 0 Å². The van der Waals surface area contributed by atoms with Crippen LogP contribution in [0.1, 0.15) is 36.3 Å². The van der Waals surface area contributed by atoms with E-state index in [2.05, 4.69) is 10.3 Å². The molecule has 0 aliphatic rings. The van der Waals surface area contributed by atoms with E-state index in [1.165, 1.54) is 0 Å². The van der Waals surface area contributed by atoms with E-state index in [0.717, 1.165) is 5.56 Å². The van der Waals surface area contributed by atoms with Gasteiger partial charge >= 0.3 is 0 Å². The predicted octanol–water partition coefficient (Wildman–Crippen LogP) is 1.28. The molecule has 0 fully saturated rings. The van der Waals surface area contributed by atoms with Crippen LogP contribution in [0.4, 0.5) is 0 Å². The first-order chi connectivity index (χ1) is 7.46. The molecular formula is C12H18N2O2. The van der Waals surface area contributed by atoms with Crippen LogP contribution in [0.5, 0.6) is 0 Å². The molecule has 0 aliphatic heterocycles. The first-order valence-corrected chi connectivity index (χ1v) is 5.31. The van der Waals surface area contributed by atoms with E-state index in [9.17, 15) is 4.79 Å². The summed E-state index contributed by atoms with van der Waals surface area (Å²) in [5.74, 6) is -0.198. The van der Waals surface area contributed by atoms with Crippen LogP contribution in [0.2, 0.25) is 0 Å². The van der Waals surface area contributed by atoms with E-state index < -0.39 is 5.54 Å². The molecule has 0 spiro atoms. The van der Waals surface area contributed by atoms with Crippen LogP contribution in [0.3, 0.4) is 0 Å². The van der Waals surface area contributed by atoms with E-state index in [0.29, 0.717) is 12.1 Å². The SMILES string of the molecule is Cc1cccnc1C(=O)NC(C)(C)CCO. The number of aromatic nitrogens is 1. The molecule has 2 N–H and O–H groups in total. The van der Waals surface area contributed by atoms with E-state index in [1.54, 1.807) is 12.3 Å². The lowest BCUT2D eigenvalue weighted by molar-refractivity contribution is 0.0893. The molecule has 1 heterocycles. The number of aryl methyl sites for hydroxylation is 1. The summed E-state index contributed by atoms with van der Waals surface area (Å²) in [5.41, 5.74) is 0.865. The zero-order chi connectivity index (χ0) is 12.2. The monoisotopic (exact) mass is 222 g/mol. The molecule has 4 heteroatoms. The highest BCUT2D eigenvalue weighted by molar-refractivity contribution is 5.94. The van der Waals surface area contributed by atoms with Crippen LogP contribution >= 0.6 is 0 Å². The molecule has 16 heavy (non-hydrogen) atoms. The fraction of sp³-hybridized carbons (Fsp3) is 0.500. The standard InChI is InChI=1S/C12H18N2O2/c1-9-5-4-7-13-10(9)11(16)14-12(2,3)6-8-15/h4-5,7,15H,6,8H2,1-3H3,(H,14,16). The fourth-order valence-electron chi connectivity index (χ4n) is 1.43. The number of nitrogens with one attached hydrogen (secondary N) is 1. The number of aliphatic hydroxyl groups is 1. The molecule has 0 radical (unpaired) electrons. The Morgan fingerprint density at radius 1 is 1.56 bits per heavy atom. The molecule has 0 atom stereocenters. The normalized spacial score (nSPS) is 11.2. The van der Waals surface area contributed by atoms with Crippen molar-refractivity contribution in [2.75, 3.05) is 6.61 Å². The van der Waals surface area contributed by atoms with Crippen molar-refractivity contribution in [1.82, 2.24) is 10.3 Å². The third-order valence-corrected chi connectivity index (χ3v) is 2.41. The van der Waals surface area contributed by atoms with Crippen molar-refractivity contribution in [1.29, 1.82) is 0 Å². The Morgan fingerprint density at radius 3 is 2.81 bits per heavy atom. The zero-order valence-corrected chi connectivity index (χ0v) is 9.95. The summed E-state index contributed by atoms with van der Waals surface area (Å²) in [5, 5.41) is 11.7. The Bertz CT molecular complexity index is 375. The van der Waals surface area contributed by atoms with Gasteiger partial charge in [0.1, 0.15) is 5.69 Å². The molecule has 0 aromatic carbocycles. The van der Waals surface area contributed by atoms with Crippen molar-refractivity contribution in [3.63, 3.8) is 0 Å². The first-order valence-electron chi connectivity index (χ1n) is 5.31. The summed E-state index contributed by atoms with van der Waals surface area (Å²) in [6.07, 6.45) is 2.12. The maximum atomic E-state index is 11.9. The molecule has 1 rings (SSSR count). The topological polar surface area (TPSA) is 62.2 Å². The fourth-order valence-corrected chi connectivity index (χ4v) is 1.43. The summed E-state index contributed by atoms with van der Waals surface area (Å²) in [4.78, 5) is 15.9. The maximum Gasteiger partial charge on any atom is 0.270 e. The molecule has 4 nitrogen and oxygen atoms in total. The Kier molecular flexibility index (Phi) is 4.01. The van der Waals surface area contributed by atoms with Gasteiger partial charge in [-0.15, -0.1) is 0 Å². The van der Waals surface area contributed by atoms with Gasteiger partial charge in [0.05, 0.1) is 0 Å². The Hall–Kier alpha value is -1.42. The summed E-state index contributed by atoms with van der Waals surface area (Å²) in [6, 6.07) is 3.64. The Morgan fingerprint density at radius 2 is 2.25 bits per heavy atom. The van der Waals surface area contributed by atoms with Crippen molar-refractivity contribution in [2.24, 2.45) is 0 Å². The van der Waals surface area contributed by atoms with Crippen LogP contribution in [-0.2, 0) is 0 Å². The third kappa shape index (κ3) is 3.31. The number of carbonyl (C=O) groups excluding carboxylic acids is 1. The minimum Gasteiger partial charge on any atom is -0.396 e. The number of pyridine rings is 1. The number of amides is 1. The van der Waals surface area contributed by atoms with E-state index in [-0.39, 0.29) is 12.5 Å². The van der Waals surface area contributed by atoms with E-state index >= 15 is 0 Å². The summed E-state index contributed by atoms with van der Waals surface area (Å²) < 4.78 is 0. The first kappa shape index (κ1) is 12.6. The maximum absolute atomic E-state index is 11.9. The molecule has 0 unspecified atom stereocenters. The number of rotatable bonds is 4. The Labute approximate surface area is 95.7 Å². The van der Waals surface area contributed by atoms with Crippen LogP contribution in [-0.4, -0.2) is 28.1 Å². The molecular weight excluding hydrogens is 204 g/mol. The lowest BCUT2D eigenvalue weighted by Gasteiger charge is -2.25. The average molecular weight is 222 g/mol. The highest BCUT2D eigenvalue weighted by atomic mass is 16.3. The van der Waals surface area contributed by atoms with Gasteiger partial charge in [-0.2, -0.15) is 0 Å². The zero-order valence-electron chi connectivity index (χ0n) is 9.95. The minimum atomic E-state index is -0.421. The summed E-state index contributed by atoms with van der Waals surface area (Å²) in [6.45, 7) is 5.65. The molecule has 0 aliphatic carbocycles. The molecule has 0 saturated carbocycles. The molecule has 0 bridgehead atoms. The van der Waals surface area contributed by atoms with Crippen molar-refractivity contribution in [3.05, 3.63) is 29.6 Å². The van der Waals surface area contributed by atoms with Gasteiger partial charge in [-0.25, -0.2) is 0 Å². The van der Waals surface area contributed by atoms with Crippen molar-refractivity contribution >= 4 is 5.91 Å². The second kappa shape index (κ2) is 5.07. The van der Waals surface area contributed by atoms with Gasteiger partial charge in [-0.05, 0) is 38.8 Å². The summed E-state index contributed by atoms with van der Waals surface area (Å²) >= 11 is 0.